The standard InChI is InChI=1S/C24H16ClN3O2S/c25-16-10-12-17(13-11-16)26-24-27-22(29)21(31-24)20-18-8-4-5-9-19(18)28(23(20)30)14-15-6-2-1-3-7-15/h1-13H,14H2,(H,26,27,29). The first-order chi connectivity index (χ1) is 15.1. The van der Waals surface area contributed by atoms with E-state index in [4.69, 9.17) is 11.6 Å². The van der Waals surface area contributed by atoms with Crippen LogP contribution >= 0.6 is 23.4 Å². The van der Waals surface area contributed by atoms with E-state index >= 15 is 0 Å². The maximum atomic E-state index is 13.4. The van der Waals surface area contributed by atoms with Crippen LogP contribution in [0.1, 0.15) is 11.1 Å². The number of nitrogens with one attached hydrogen (secondary N) is 1. The van der Waals surface area contributed by atoms with Gasteiger partial charge in [0, 0.05) is 10.6 Å². The van der Waals surface area contributed by atoms with E-state index in [1.54, 1.807) is 29.2 Å². The van der Waals surface area contributed by atoms with Crippen LogP contribution in [0.5, 0.6) is 0 Å². The van der Waals surface area contributed by atoms with Gasteiger partial charge < -0.3 is 10.2 Å². The van der Waals surface area contributed by atoms with E-state index in [-0.39, 0.29) is 11.8 Å². The lowest BCUT2D eigenvalue weighted by molar-refractivity contribution is -0.116. The van der Waals surface area contributed by atoms with Crippen molar-refractivity contribution in [2.45, 2.75) is 6.54 Å². The van der Waals surface area contributed by atoms with Gasteiger partial charge in [0.1, 0.15) is 0 Å². The maximum absolute atomic E-state index is 13.4. The van der Waals surface area contributed by atoms with Crippen LogP contribution in [0.2, 0.25) is 5.02 Å². The lowest BCUT2D eigenvalue weighted by atomic mass is 10.1. The van der Waals surface area contributed by atoms with Gasteiger partial charge in [-0.25, -0.2) is 4.99 Å². The molecule has 0 aliphatic carbocycles. The molecule has 1 N–H and O–H groups in total. The second-order valence-corrected chi connectivity index (χ2v) is 8.48. The molecule has 31 heavy (non-hydrogen) atoms. The Balaban J connectivity index is 1.52. The largest absolute Gasteiger partial charge is 0.303 e. The fourth-order valence-electron chi connectivity index (χ4n) is 3.59. The van der Waals surface area contributed by atoms with Crippen molar-refractivity contribution in [1.29, 1.82) is 0 Å². The molecule has 0 aromatic heterocycles. The van der Waals surface area contributed by atoms with Crippen molar-refractivity contribution in [3.05, 3.63) is 99.9 Å². The minimum Gasteiger partial charge on any atom is -0.303 e. The average Bonchev–Trinajstić information content (AvgIpc) is 3.27. The minimum atomic E-state index is -0.322. The summed E-state index contributed by atoms with van der Waals surface area (Å²) in [5.74, 6) is -0.507. The van der Waals surface area contributed by atoms with Crippen molar-refractivity contribution in [2.75, 3.05) is 4.90 Å². The lowest BCUT2D eigenvalue weighted by Gasteiger charge is -2.17. The first kappa shape index (κ1) is 19.6. The highest BCUT2D eigenvalue weighted by Crippen LogP contribution is 2.43. The molecular formula is C24H16ClN3O2S. The van der Waals surface area contributed by atoms with E-state index in [1.165, 1.54) is 11.8 Å². The van der Waals surface area contributed by atoms with Crippen molar-refractivity contribution in [1.82, 2.24) is 5.32 Å². The number of carbonyl (C=O) groups is 2. The molecule has 1 saturated heterocycles. The first-order valence-corrected chi connectivity index (χ1v) is 10.8. The Bertz CT molecular complexity index is 1250. The number of carbonyl (C=O) groups excluding carboxylic acids is 2. The number of rotatable bonds is 3. The summed E-state index contributed by atoms with van der Waals surface area (Å²) in [6, 6.07) is 24.4. The molecule has 5 rings (SSSR count). The van der Waals surface area contributed by atoms with Gasteiger partial charge in [-0.15, -0.1) is 0 Å². The number of aliphatic imine (C=N–C) groups is 1. The predicted octanol–water partition coefficient (Wildman–Crippen LogP) is 5.15. The number of thioether (sulfide) groups is 1. The van der Waals surface area contributed by atoms with Crippen LogP contribution < -0.4 is 10.2 Å². The van der Waals surface area contributed by atoms with E-state index < -0.39 is 0 Å². The normalized spacial score (nSPS) is 19.1. The SMILES string of the molecule is O=C1NC(=Nc2ccc(Cl)cc2)SC1=C1C(=O)N(Cc2ccccc2)c2ccccc21. The third-order valence-electron chi connectivity index (χ3n) is 5.02. The summed E-state index contributed by atoms with van der Waals surface area (Å²) in [5, 5.41) is 3.82. The fraction of sp³-hybridized carbons (Fsp3) is 0.0417. The number of hydrogen-bond acceptors (Lipinski definition) is 4. The minimum absolute atomic E-state index is 0.185. The average molecular weight is 446 g/mol. The monoisotopic (exact) mass is 445 g/mol. The Morgan fingerprint density at radius 1 is 0.903 bits per heavy atom. The van der Waals surface area contributed by atoms with Crippen molar-refractivity contribution < 1.29 is 9.59 Å². The third kappa shape index (κ3) is 3.76. The molecule has 2 aliphatic heterocycles. The number of halogens is 1. The Morgan fingerprint density at radius 3 is 2.39 bits per heavy atom. The number of para-hydroxylation sites is 1. The number of fused-ring (bicyclic) bond motifs is 1. The molecule has 0 atom stereocenters. The van der Waals surface area contributed by atoms with E-state index in [0.717, 1.165) is 16.8 Å². The van der Waals surface area contributed by atoms with Gasteiger partial charge in [0.05, 0.1) is 28.4 Å². The molecule has 2 aliphatic rings. The fourth-order valence-corrected chi connectivity index (χ4v) is 4.65. The molecule has 5 nitrogen and oxygen atoms in total. The van der Waals surface area contributed by atoms with Gasteiger partial charge in [-0.05, 0) is 47.7 Å². The number of hydrogen-bond donors (Lipinski definition) is 1. The van der Waals surface area contributed by atoms with Gasteiger partial charge in [0.25, 0.3) is 11.8 Å². The number of benzene rings is 3. The summed E-state index contributed by atoms with van der Waals surface area (Å²) in [4.78, 5) is 32.7. The predicted molar refractivity (Wildman–Crippen MR) is 125 cm³/mol. The van der Waals surface area contributed by atoms with Crippen molar-refractivity contribution >= 4 is 57.3 Å². The summed E-state index contributed by atoms with van der Waals surface area (Å²) >= 11 is 7.10. The highest BCUT2D eigenvalue weighted by Gasteiger charge is 2.39. The molecule has 0 saturated carbocycles. The highest BCUT2D eigenvalue weighted by molar-refractivity contribution is 8.18. The van der Waals surface area contributed by atoms with Gasteiger partial charge in [0.2, 0.25) is 0 Å². The van der Waals surface area contributed by atoms with Gasteiger partial charge in [-0.3, -0.25) is 9.59 Å². The van der Waals surface area contributed by atoms with Gasteiger partial charge >= 0.3 is 0 Å². The number of amidine groups is 1. The second-order valence-electron chi connectivity index (χ2n) is 7.05. The van der Waals surface area contributed by atoms with Crippen molar-refractivity contribution in [2.24, 2.45) is 4.99 Å². The molecule has 1 fully saturated rings. The van der Waals surface area contributed by atoms with Crippen LogP contribution in [0.25, 0.3) is 5.57 Å². The Hall–Kier alpha value is -3.35. The van der Waals surface area contributed by atoms with E-state index in [0.29, 0.717) is 32.9 Å². The molecule has 0 unspecified atom stereocenters. The molecule has 2 amide bonds. The molecule has 152 valence electrons. The van der Waals surface area contributed by atoms with Crippen molar-refractivity contribution in [3.8, 4) is 0 Å². The quantitative estimate of drug-likeness (QED) is 0.567. The molecule has 2 heterocycles. The first-order valence-electron chi connectivity index (χ1n) is 9.63. The van der Waals surface area contributed by atoms with Gasteiger partial charge in [-0.2, -0.15) is 0 Å². The third-order valence-corrected chi connectivity index (χ3v) is 6.25. The van der Waals surface area contributed by atoms with Crippen LogP contribution in [0.4, 0.5) is 11.4 Å². The summed E-state index contributed by atoms with van der Waals surface area (Å²) in [5.41, 5.74) is 3.66. The number of amides is 2. The molecule has 0 spiro atoms. The Labute approximate surface area is 188 Å². The van der Waals surface area contributed by atoms with Crippen LogP contribution in [0.3, 0.4) is 0 Å². The van der Waals surface area contributed by atoms with E-state index in [1.807, 2.05) is 54.6 Å². The summed E-state index contributed by atoms with van der Waals surface area (Å²) in [6.45, 7) is 0.436. The van der Waals surface area contributed by atoms with Crippen LogP contribution in [0.15, 0.2) is 88.8 Å². The molecule has 0 bridgehead atoms. The molecule has 3 aromatic carbocycles. The van der Waals surface area contributed by atoms with E-state index in [2.05, 4.69) is 10.3 Å². The molecule has 7 heteroatoms. The summed E-state index contributed by atoms with van der Waals surface area (Å²) in [6.07, 6.45) is 0. The highest BCUT2D eigenvalue weighted by atomic mass is 35.5. The summed E-state index contributed by atoms with van der Waals surface area (Å²) in [7, 11) is 0. The summed E-state index contributed by atoms with van der Waals surface area (Å²) < 4.78 is 0. The molecule has 0 radical (unpaired) electrons. The second kappa shape index (κ2) is 8.06. The smallest absolute Gasteiger partial charge is 0.264 e. The van der Waals surface area contributed by atoms with E-state index in [9.17, 15) is 9.59 Å². The zero-order valence-electron chi connectivity index (χ0n) is 16.2. The zero-order chi connectivity index (χ0) is 21.4. The van der Waals surface area contributed by atoms with Crippen molar-refractivity contribution in [3.63, 3.8) is 0 Å². The van der Waals surface area contributed by atoms with Crippen LogP contribution in [-0.2, 0) is 16.1 Å². The zero-order valence-corrected chi connectivity index (χ0v) is 17.8. The molecule has 3 aromatic rings. The Kier molecular flexibility index (Phi) is 5.10. The number of anilines is 1. The van der Waals surface area contributed by atoms with Crippen LogP contribution in [0, 0.1) is 0 Å². The Morgan fingerprint density at radius 2 is 1.61 bits per heavy atom. The van der Waals surface area contributed by atoms with Gasteiger partial charge in [-0.1, -0.05) is 60.1 Å². The topological polar surface area (TPSA) is 61.8 Å². The lowest BCUT2D eigenvalue weighted by Crippen LogP contribution is -2.26. The number of nitrogens with zero attached hydrogens (tertiary/aromatic N) is 2. The van der Waals surface area contributed by atoms with Gasteiger partial charge in [0.15, 0.2) is 5.17 Å². The maximum Gasteiger partial charge on any atom is 0.264 e. The molecular weight excluding hydrogens is 430 g/mol. The van der Waals surface area contributed by atoms with Crippen LogP contribution in [-0.4, -0.2) is 17.0 Å².